The second-order valence-corrected chi connectivity index (χ2v) is 4.17. The van der Waals surface area contributed by atoms with Gasteiger partial charge in [-0.3, -0.25) is 4.79 Å². The van der Waals surface area contributed by atoms with Crippen molar-refractivity contribution in [1.29, 1.82) is 0 Å². The fraction of sp³-hybridized carbons (Fsp3) is 0.889. The predicted molar refractivity (Wildman–Crippen MR) is 49.6 cm³/mol. The number of hydrogen-bond donors (Lipinski definition) is 1. The fourth-order valence-corrected chi connectivity index (χ4v) is 2.85. The van der Waals surface area contributed by atoms with Gasteiger partial charge in [0.1, 0.15) is 0 Å². The molecule has 2 aliphatic carbocycles. The Bertz CT molecular complexity index is 293. The molecule has 0 aliphatic heterocycles. The zero-order valence-corrected chi connectivity index (χ0v) is 7.89. The predicted octanol–water partition coefficient (Wildman–Crippen LogP) is 2.33. The number of hydrogen-bond acceptors (Lipinski definition) is 2. The summed E-state index contributed by atoms with van der Waals surface area (Å²) in [5.41, 5.74) is 7.31. The van der Waals surface area contributed by atoms with Gasteiger partial charge in [-0.25, -0.2) is 0 Å². The number of carboxylic acid groups (broad SMARTS) is 1. The van der Waals surface area contributed by atoms with E-state index in [1.165, 1.54) is 6.42 Å². The third-order valence-electron chi connectivity index (χ3n) is 3.59. The number of carbonyl (C=O) groups is 1. The molecule has 0 spiro atoms. The average molecular weight is 195 g/mol. The van der Waals surface area contributed by atoms with Gasteiger partial charge in [-0.2, -0.15) is 0 Å². The monoisotopic (exact) mass is 195 g/mol. The first-order valence-corrected chi connectivity index (χ1v) is 5.03. The van der Waals surface area contributed by atoms with Gasteiger partial charge >= 0.3 is 5.97 Å². The lowest BCUT2D eigenvalue weighted by Crippen LogP contribution is -2.24. The third-order valence-corrected chi connectivity index (χ3v) is 3.59. The van der Waals surface area contributed by atoms with E-state index in [0.29, 0.717) is 0 Å². The maximum Gasteiger partial charge on any atom is 0.316 e. The van der Waals surface area contributed by atoms with Crippen LogP contribution in [0, 0.1) is 11.8 Å². The van der Waals surface area contributed by atoms with Crippen LogP contribution >= 0.6 is 0 Å². The maximum atomic E-state index is 11.1. The highest BCUT2D eigenvalue weighted by atomic mass is 16.4. The van der Waals surface area contributed by atoms with Crippen LogP contribution in [0.4, 0.5) is 0 Å². The van der Waals surface area contributed by atoms with Crippen LogP contribution in [0.2, 0.25) is 0 Å². The van der Waals surface area contributed by atoms with Crippen LogP contribution < -0.4 is 0 Å². The van der Waals surface area contributed by atoms with Gasteiger partial charge in [0, 0.05) is 4.91 Å². The van der Waals surface area contributed by atoms with E-state index in [2.05, 4.69) is 10.0 Å². The van der Waals surface area contributed by atoms with E-state index in [1.54, 1.807) is 0 Å². The van der Waals surface area contributed by atoms with Crippen molar-refractivity contribution in [3.63, 3.8) is 0 Å². The number of fused-ring (bicyclic) bond motifs is 1. The second kappa shape index (κ2) is 3.17. The minimum Gasteiger partial charge on any atom is -0.481 e. The summed E-state index contributed by atoms with van der Waals surface area (Å²) in [6.07, 6.45) is 5.11. The summed E-state index contributed by atoms with van der Waals surface area (Å²) in [5, 5.41) is 12.6. The van der Waals surface area contributed by atoms with E-state index >= 15 is 0 Å². The molecule has 0 heterocycles. The largest absolute Gasteiger partial charge is 0.481 e. The van der Waals surface area contributed by atoms with Crippen LogP contribution in [0.15, 0.2) is 5.11 Å². The van der Waals surface area contributed by atoms with Crippen molar-refractivity contribution in [2.75, 3.05) is 0 Å². The molecule has 5 heteroatoms. The van der Waals surface area contributed by atoms with Gasteiger partial charge in [0.25, 0.3) is 0 Å². The van der Waals surface area contributed by atoms with Gasteiger partial charge < -0.3 is 5.11 Å². The Hall–Kier alpha value is -1.22. The SMILES string of the molecule is [N-]=[N+]=NC1(C(=O)O)C2CCCCCC21. The molecule has 0 saturated heterocycles. The molecule has 2 fully saturated rings. The summed E-state index contributed by atoms with van der Waals surface area (Å²) < 4.78 is 0. The van der Waals surface area contributed by atoms with E-state index in [-0.39, 0.29) is 11.8 Å². The van der Waals surface area contributed by atoms with E-state index in [1.807, 2.05) is 0 Å². The molecule has 5 nitrogen and oxygen atoms in total. The smallest absolute Gasteiger partial charge is 0.316 e. The highest BCUT2D eigenvalue weighted by Gasteiger charge is 2.69. The lowest BCUT2D eigenvalue weighted by molar-refractivity contribution is -0.140. The molecule has 1 N–H and O–H groups in total. The zero-order chi connectivity index (χ0) is 10.2. The van der Waals surface area contributed by atoms with Crippen molar-refractivity contribution in [1.82, 2.24) is 0 Å². The molecule has 2 saturated carbocycles. The molecule has 0 radical (unpaired) electrons. The Morgan fingerprint density at radius 2 is 1.93 bits per heavy atom. The van der Waals surface area contributed by atoms with Gasteiger partial charge in [-0.1, -0.05) is 24.4 Å². The topological polar surface area (TPSA) is 86.1 Å². The Balaban J connectivity index is 2.24. The molecule has 2 unspecified atom stereocenters. The van der Waals surface area contributed by atoms with Gasteiger partial charge in [0.15, 0.2) is 5.54 Å². The first kappa shape index (κ1) is 9.34. The molecule has 0 amide bonds. The number of nitrogens with zero attached hydrogens (tertiary/aromatic N) is 3. The fourth-order valence-electron chi connectivity index (χ4n) is 2.85. The molecular weight excluding hydrogens is 182 g/mol. The minimum absolute atomic E-state index is 0.0957. The number of aliphatic carboxylic acids is 1. The van der Waals surface area contributed by atoms with Crippen LogP contribution in [0.3, 0.4) is 0 Å². The molecule has 2 atom stereocenters. The van der Waals surface area contributed by atoms with Crippen molar-refractivity contribution < 1.29 is 9.90 Å². The van der Waals surface area contributed by atoms with Crippen molar-refractivity contribution in [2.24, 2.45) is 17.0 Å². The number of azide groups is 1. The normalized spacial score (nSPS) is 40.3. The number of carboxylic acids is 1. The summed E-state index contributed by atoms with van der Waals surface area (Å²) in [6, 6.07) is 0. The summed E-state index contributed by atoms with van der Waals surface area (Å²) in [7, 11) is 0. The van der Waals surface area contributed by atoms with Crippen molar-refractivity contribution in [3.05, 3.63) is 10.4 Å². The Morgan fingerprint density at radius 1 is 1.36 bits per heavy atom. The Morgan fingerprint density at radius 3 is 2.36 bits per heavy atom. The molecule has 14 heavy (non-hydrogen) atoms. The molecule has 2 aliphatic rings. The van der Waals surface area contributed by atoms with Crippen LogP contribution in [-0.4, -0.2) is 16.6 Å². The zero-order valence-electron chi connectivity index (χ0n) is 7.89. The van der Waals surface area contributed by atoms with E-state index < -0.39 is 11.5 Å². The van der Waals surface area contributed by atoms with Crippen LogP contribution in [0.5, 0.6) is 0 Å². The third kappa shape index (κ3) is 1.09. The van der Waals surface area contributed by atoms with Crippen molar-refractivity contribution in [3.8, 4) is 0 Å². The second-order valence-electron chi connectivity index (χ2n) is 4.17. The Kier molecular flexibility index (Phi) is 2.11. The standard InChI is InChI=1S/C9H13N3O2/c10-12-11-9(8(13)14)6-4-2-1-3-5-7(6)9/h6-7H,1-5H2,(H,13,14). The maximum absolute atomic E-state index is 11.1. The molecule has 2 rings (SSSR count). The molecule has 0 aromatic heterocycles. The van der Waals surface area contributed by atoms with Gasteiger partial charge in [-0.15, -0.1) is 0 Å². The lowest BCUT2D eigenvalue weighted by atomic mass is 10.1. The van der Waals surface area contributed by atoms with Crippen molar-refractivity contribution >= 4 is 5.97 Å². The van der Waals surface area contributed by atoms with Crippen molar-refractivity contribution in [2.45, 2.75) is 37.6 Å². The van der Waals surface area contributed by atoms with E-state index in [0.717, 1.165) is 25.7 Å². The van der Waals surface area contributed by atoms with Gasteiger partial charge in [0.05, 0.1) is 0 Å². The summed E-state index contributed by atoms with van der Waals surface area (Å²) >= 11 is 0. The highest BCUT2D eigenvalue weighted by molar-refractivity contribution is 5.84. The molecule has 0 aromatic carbocycles. The first-order valence-electron chi connectivity index (χ1n) is 5.03. The van der Waals surface area contributed by atoms with E-state index in [9.17, 15) is 4.79 Å². The van der Waals surface area contributed by atoms with Gasteiger partial charge in [-0.05, 0) is 30.2 Å². The molecular formula is C9H13N3O2. The van der Waals surface area contributed by atoms with Crippen LogP contribution in [-0.2, 0) is 4.79 Å². The van der Waals surface area contributed by atoms with Crippen LogP contribution in [0.25, 0.3) is 10.4 Å². The molecule has 0 bridgehead atoms. The summed E-state index contributed by atoms with van der Waals surface area (Å²) in [6.45, 7) is 0. The number of rotatable bonds is 2. The van der Waals surface area contributed by atoms with Crippen LogP contribution in [0.1, 0.15) is 32.1 Å². The molecule has 76 valence electrons. The summed E-state index contributed by atoms with van der Waals surface area (Å²) in [5.74, 6) is -0.746. The highest BCUT2D eigenvalue weighted by Crippen LogP contribution is 2.60. The lowest BCUT2D eigenvalue weighted by Gasteiger charge is -2.07. The molecule has 0 aromatic rings. The summed E-state index contributed by atoms with van der Waals surface area (Å²) in [4.78, 5) is 13.8. The first-order chi connectivity index (χ1) is 6.73. The minimum atomic E-state index is -1.09. The quantitative estimate of drug-likeness (QED) is 0.416. The Labute approximate surface area is 81.7 Å². The average Bonchev–Trinajstić information content (AvgIpc) is 2.80. The van der Waals surface area contributed by atoms with Gasteiger partial charge in [0.2, 0.25) is 0 Å². The van der Waals surface area contributed by atoms with E-state index in [4.69, 9.17) is 10.6 Å².